The first-order valence-corrected chi connectivity index (χ1v) is 6.96. The molecule has 0 aliphatic rings. The van der Waals surface area contributed by atoms with Gasteiger partial charge in [-0.25, -0.2) is 4.79 Å². The molecule has 0 saturated carbocycles. The molecular weight excluding hydrogens is 310 g/mol. The lowest BCUT2D eigenvalue weighted by atomic mass is 9.96. The third-order valence-electron chi connectivity index (χ3n) is 2.95. The smallest absolute Gasteiger partial charge is 0.329 e. The van der Waals surface area contributed by atoms with Crippen molar-refractivity contribution in [3.63, 3.8) is 0 Å². The van der Waals surface area contributed by atoms with E-state index in [0.29, 0.717) is 12.8 Å². The third kappa shape index (κ3) is 4.35. The minimum absolute atomic E-state index is 0.161. The second-order valence-electron chi connectivity index (χ2n) is 4.70. The van der Waals surface area contributed by atoms with Crippen molar-refractivity contribution in [2.24, 2.45) is 0 Å². The molecule has 0 aliphatic carbocycles. The van der Waals surface area contributed by atoms with Crippen LogP contribution in [0.4, 0.5) is 0 Å². The lowest BCUT2D eigenvalue weighted by Gasteiger charge is -2.25. The van der Waals surface area contributed by atoms with Gasteiger partial charge in [0.25, 0.3) is 0 Å². The maximum atomic E-state index is 12.0. The summed E-state index contributed by atoms with van der Waals surface area (Å²) in [6.07, 6.45) is 1.26. The van der Waals surface area contributed by atoms with E-state index in [1.807, 2.05) is 31.2 Å². The van der Waals surface area contributed by atoms with Gasteiger partial charge in [-0.15, -0.1) is 0 Å². The maximum Gasteiger partial charge on any atom is 0.329 e. The fraction of sp³-hybridized carbons (Fsp3) is 0.429. The molecular formula is C14H18BrNO3. The summed E-state index contributed by atoms with van der Waals surface area (Å²) in [5.74, 6) is -1.29. The molecule has 0 aromatic heterocycles. The van der Waals surface area contributed by atoms with Gasteiger partial charge in [0.1, 0.15) is 5.54 Å². The molecule has 0 saturated heterocycles. The van der Waals surface area contributed by atoms with Crippen LogP contribution >= 0.6 is 15.9 Å². The number of carbonyl (C=O) groups is 2. The minimum Gasteiger partial charge on any atom is -0.480 e. The van der Waals surface area contributed by atoms with Crippen molar-refractivity contribution in [2.75, 3.05) is 0 Å². The Balaban J connectivity index is 2.74. The second-order valence-corrected chi connectivity index (χ2v) is 5.56. The van der Waals surface area contributed by atoms with E-state index in [1.54, 1.807) is 0 Å². The number of carboxylic acids is 1. The Morgan fingerprint density at radius 2 is 2.00 bits per heavy atom. The maximum absolute atomic E-state index is 12.0. The Bertz CT molecular complexity index is 476. The number of aliphatic carboxylic acids is 1. The number of carboxylic acid groups (broad SMARTS) is 1. The van der Waals surface area contributed by atoms with Crippen LogP contribution in [0.3, 0.4) is 0 Å². The largest absolute Gasteiger partial charge is 0.480 e. The van der Waals surface area contributed by atoms with E-state index >= 15 is 0 Å². The summed E-state index contributed by atoms with van der Waals surface area (Å²) < 4.78 is 0.845. The summed E-state index contributed by atoms with van der Waals surface area (Å²) in [7, 11) is 0. The van der Waals surface area contributed by atoms with Gasteiger partial charge >= 0.3 is 5.97 Å². The van der Waals surface area contributed by atoms with Gasteiger partial charge in [0.2, 0.25) is 5.91 Å². The van der Waals surface area contributed by atoms with Gasteiger partial charge < -0.3 is 10.4 Å². The van der Waals surface area contributed by atoms with Gasteiger partial charge in [0, 0.05) is 4.47 Å². The normalized spacial score (nSPS) is 13.6. The Labute approximate surface area is 121 Å². The highest BCUT2D eigenvalue weighted by Gasteiger charge is 2.33. The molecule has 0 aliphatic heterocycles. The average molecular weight is 328 g/mol. The highest BCUT2D eigenvalue weighted by atomic mass is 79.9. The second kappa shape index (κ2) is 6.70. The fourth-order valence-electron chi connectivity index (χ4n) is 1.89. The van der Waals surface area contributed by atoms with E-state index in [0.717, 1.165) is 10.0 Å². The van der Waals surface area contributed by atoms with E-state index < -0.39 is 11.5 Å². The molecule has 1 aromatic carbocycles. The molecule has 1 atom stereocenters. The van der Waals surface area contributed by atoms with Crippen molar-refractivity contribution in [3.8, 4) is 0 Å². The Hall–Kier alpha value is -1.36. The molecule has 0 bridgehead atoms. The van der Waals surface area contributed by atoms with Crippen LogP contribution in [0, 0.1) is 0 Å². The molecule has 0 heterocycles. The zero-order chi connectivity index (χ0) is 14.5. The SMILES string of the molecule is CCCC(C)(NC(=O)Cc1ccccc1Br)C(=O)O. The number of halogens is 1. The molecule has 0 radical (unpaired) electrons. The van der Waals surface area contributed by atoms with Crippen LogP contribution in [-0.4, -0.2) is 22.5 Å². The van der Waals surface area contributed by atoms with Gasteiger partial charge in [-0.1, -0.05) is 47.5 Å². The van der Waals surface area contributed by atoms with Crippen molar-refractivity contribution in [2.45, 2.75) is 38.6 Å². The first kappa shape index (κ1) is 15.7. The van der Waals surface area contributed by atoms with Crippen molar-refractivity contribution in [3.05, 3.63) is 34.3 Å². The quantitative estimate of drug-likeness (QED) is 0.844. The molecule has 0 fully saturated rings. The molecule has 104 valence electrons. The number of benzene rings is 1. The monoisotopic (exact) mass is 327 g/mol. The van der Waals surface area contributed by atoms with Gasteiger partial charge in [-0.05, 0) is 25.0 Å². The van der Waals surface area contributed by atoms with E-state index in [-0.39, 0.29) is 12.3 Å². The summed E-state index contributed by atoms with van der Waals surface area (Å²) in [4.78, 5) is 23.2. The predicted octanol–water partition coefficient (Wildman–Crippen LogP) is 2.75. The number of hydrogen-bond donors (Lipinski definition) is 2. The van der Waals surface area contributed by atoms with Crippen LogP contribution in [0.2, 0.25) is 0 Å². The summed E-state index contributed by atoms with van der Waals surface area (Å²) in [6, 6.07) is 7.40. The van der Waals surface area contributed by atoms with E-state index in [2.05, 4.69) is 21.2 Å². The fourth-order valence-corrected chi connectivity index (χ4v) is 2.31. The Morgan fingerprint density at radius 3 is 2.53 bits per heavy atom. The highest BCUT2D eigenvalue weighted by Crippen LogP contribution is 2.18. The molecule has 2 N–H and O–H groups in total. The van der Waals surface area contributed by atoms with Crippen molar-refractivity contribution >= 4 is 27.8 Å². The third-order valence-corrected chi connectivity index (χ3v) is 3.72. The summed E-state index contributed by atoms with van der Waals surface area (Å²) >= 11 is 3.37. The van der Waals surface area contributed by atoms with Crippen LogP contribution in [0.5, 0.6) is 0 Å². The average Bonchev–Trinajstić information content (AvgIpc) is 2.32. The minimum atomic E-state index is -1.20. The Morgan fingerprint density at radius 1 is 1.37 bits per heavy atom. The zero-order valence-electron chi connectivity index (χ0n) is 11.1. The van der Waals surface area contributed by atoms with Gasteiger partial charge in [-0.3, -0.25) is 4.79 Å². The molecule has 1 unspecified atom stereocenters. The van der Waals surface area contributed by atoms with Gasteiger partial charge in [0.15, 0.2) is 0 Å². The van der Waals surface area contributed by atoms with E-state index in [4.69, 9.17) is 0 Å². The molecule has 4 nitrogen and oxygen atoms in total. The topological polar surface area (TPSA) is 66.4 Å². The van der Waals surface area contributed by atoms with Crippen LogP contribution in [0.25, 0.3) is 0 Å². The lowest BCUT2D eigenvalue weighted by Crippen LogP contribution is -2.52. The predicted molar refractivity (Wildman–Crippen MR) is 76.9 cm³/mol. The Kier molecular flexibility index (Phi) is 5.54. The standard InChI is InChI=1S/C14H18BrNO3/c1-3-8-14(2,13(18)19)16-12(17)9-10-6-4-5-7-11(10)15/h4-7H,3,8-9H2,1-2H3,(H,16,17)(H,18,19). The molecule has 19 heavy (non-hydrogen) atoms. The lowest BCUT2D eigenvalue weighted by molar-refractivity contribution is -0.147. The van der Waals surface area contributed by atoms with Crippen LogP contribution in [0.1, 0.15) is 32.3 Å². The van der Waals surface area contributed by atoms with Crippen LogP contribution < -0.4 is 5.32 Å². The number of amides is 1. The molecule has 1 amide bonds. The number of hydrogen-bond acceptors (Lipinski definition) is 2. The number of nitrogens with one attached hydrogen (secondary N) is 1. The van der Waals surface area contributed by atoms with Gasteiger partial charge in [-0.2, -0.15) is 0 Å². The molecule has 1 rings (SSSR count). The van der Waals surface area contributed by atoms with Crippen molar-refractivity contribution in [1.82, 2.24) is 5.32 Å². The first-order valence-electron chi connectivity index (χ1n) is 6.17. The van der Waals surface area contributed by atoms with Crippen molar-refractivity contribution in [1.29, 1.82) is 0 Å². The van der Waals surface area contributed by atoms with Crippen LogP contribution in [-0.2, 0) is 16.0 Å². The van der Waals surface area contributed by atoms with Crippen LogP contribution in [0.15, 0.2) is 28.7 Å². The zero-order valence-corrected chi connectivity index (χ0v) is 12.7. The van der Waals surface area contributed by atoms with E-state index in [1.165, 1.54) is 6.92 Å². The summed E-state index contributed by atoms with van der Waals surface area (Å²) in [6.45, 7) is 3.43. The summed E-state index contributed by atoms with van der Waals surface area (Å²) in [5.41, 5.74) is -0.364. The molecule has 5 heteroatoms. The first-order chi connectivity index (χ1) is 8.89. The highest BCUT2D eigenvalue weighted by molar-refractivity contribution is 9.10. The molecule has 1 aromatic rings. The van der Waals surface area contributed by atoms with Crippen molar-refractivity contribution < 1.29 is 14.7 Å². The number of carbonyl (C=O) groups excluding carboxylic acids is 1. The van der Waals surface area contributed by atoms with E-state index in [9.17, 15) is 14.7 Å². The summed E-state index contributed by atoms with van der Waals surface area (Å²) in [5, 5.41) is 11.8. The van der Waals surface area contributed by atoms with Gasteiger partial charge in [0.05, 0.1) is 6.42 Å². The number of rotatable bonds is 6. The molecule has 0 spiro atoms.